The molecule has 0 aliphatic carbocycles. The second-order valence-electron chi connectivity index (χ2n) is 4.07. The maximum atomic E-state index is 12.1. The third-order valence-corrected chi connectivity index (χ3v) is 3.97. The summed E-state index contributed by atoms with van der Waals surface area (Å²) in [6, 6.07) is 6.50. The molecule has 0 atom stereocenters. The lowest BCUT2D eigenvalue weighted by atomic mass is 10.2. The molecule has 1 aliphatic heterocycles. The van der Waals surface area contributed by atoms with Crippen molar-refractivity contribution in [1.29, 1.82) is 0 Å². The summed E-state index contributed by atoms with van der Waals surface area (Å²) < 4.78 is 0.350. The zero-order valence-electron chi connectivity index (χ0n) is 10.3. The number of carbonyl (C=O) groups excluding carboxylic acids is 1. The van der Waals surface area contributed by atoms with Gasteiger partial charge in [-0.15, -0.1) is 0 Å². The molecule has 0 unspecified atom stereocenters. The fourth-order valence-corrected chi connectivity index (χ4v) is 2.97. The summed E-state index contributed by atoms with van der Waals surface area (Å²) in [5, 5.41) is 18.0. The van der Waals surface area contributed by atoms with Crippen molar-refractivity contribution in [3.8, 4) is 5.75 Å². The SMILES string of the molecule is O=C(O)CCN1C(=O)/C(=C/c2cccc(O)c2)SC1=S. The Morgan fingerprint density at radius 1 is 1.45 bits per heavy atom. The van der Waals surface area contributed by atoms with Crippen molar-refractivity contribution >= 4 is 46.3 Å². The number of benzene rings is 1. The van der Waals surface area contributed by atoms with Gasteiger partial charge in [-0.25, -0.2) is 0 Å². The molecular formula is C13H11NO4S2. The molecule has 0 bridgehead atoms. The van der Waals surface area contributed by atoms with Gasteiger partial charge in [0.25, 0.3) is 5.91 Å². The molecule has 1 amide bonds. The van der Waals surface area contributed by atoms with E-state index in [1.807, 2.05) is 0 Å². The van der Waals surface area contributed by atoms with E-state index in [0.29, 0.717) is 14.8 Å². The number of hydrogen-bond donors (Lipinski definition) is 2. The van der Waals surface area contributed by atoms with Crippen LogP contribution in [0.25, 0.3) is 6.08 Å². The van der Waals surface area contributed by atoms with Gasteiger partial charge in [0.15, 0.2) is 0 Å². The van der Waals surface area contributed by atoms with E-state index >= 15 is 0 Å². The number of amides is 1. The van der Waals surface area contributed by atoms with Gasteiger partial charge in [-0.3, -0.25) is 14.5 Å². The van der Waals surface area contributed by atoms with Gasteiger partial charge in [-0.2, -0.15) is 0 Å². The van der Waals surface area contributed by atoms with Crippen LogP contribution in [0, 0.1) is 0 Å². The van der Waals surface area contributed by atoms with Crippen LogP contribution in [0.15, 0.2) is 29.2 Å². The number of thioether (sulfide) groups is 1. The van der Waals surface area contributed by atoms with Gasteiger partial charge < -0.3 is 10.2 Å². The summed E-state index contributed by atoms with van der Waals surface area (Å²) in [5.41, 5.74) is 0.684. The summed E-state index contributed by atoms with van der Waals surface area (Å²) in [6.07, 6.45) is 1.48. The zero-order chi connectivity index (χ0) is 14.7. The van der Waals surface area contributed by atoms with Crippen molar-refractivity contribution in [2.75, 3.05) is 6.54 Å². The molecule has 1 aromatic rings. The fourth-order valence-electron chi connectivity index (χ4n) is 1.67. The second-order valence-corrected chi connectivity index (χ2v) is 5.75. The molecule has 2 rings (SSSR count). The first-order chi connectivity index (χ1) is 9.47. The highest BCUT2D eigenvalue weighted by molar-refractivity contribution is 8.26. The minimum atomic E-state index is -0.976. The Hall–Kier alpha value is -1.86. The molecule has 1 fully saturated rings. The molecule has 0 aromatic heterocycles. The highest BCUT2D eigenvalue weighted by atomic mass is 32.2. The predicted octanol–water partition coefficient (Wildman–Crippen LogP) is 2.07. The van der Waals surface area contributed by atoms with Crippen LogP contribution in [0.3, 0.4) is 0 Å². The van der Waals surface area contributed by atoms with E-state index in [2.05, 4.69) is 0 Å². The van der Waals surface area contributed by atoms with Crippen LogP contribution >= 0.6 is 24.0 Å². The van der Waals surface area contributed by atoms with Gasteiger partial charge in [0.2, 0.25) is 0 Å². The third-order valence-electron chi connectivity index (χ3n) is 2.59. The molecule has 1 aromatic carbocycles. The van der Waals surface area contributed by atoms with E-state index in [4.69, 9.17) is 17.3 Å². The van der Waals surface area contributed by atoms with Crippen LogP contribution in [0.5, 0.6) is 5.75 Å². The minimum absolute atomic E-state index is 0.0668. The Bertz CT molecular complexity index is 612. The van der Waals surface area contributed by atoms with E-state index in [0.717, 1.165) is 11.8 Å². The molecule has 0 radical (unpaired) electrons. The molecule has 0 spiro atoms. The van der Waals surface area contributed by atoms with Crippen molar-refractivity contribution < 1.29 is 19.8 Å². The van der Waals surface area contributed by atoms with E-state index < -0.39 is 5.97 Å². The first-order valence-corrected chi connectivity index (χ1v) is 6.96. The number of rotatable bonds is 4. The second kappa shape index (κ2) is 6.06. The predicted molar refractivity (Wildman–Crippen MR) is 80.2 cm³/mol. The minimum Gasteiger partial charge on any atom is -0.508 e. The summed E-state index contributed by atoms with van der Waals surface area (Å²) in [6.45, 7) is 0.0668. The standard InChI is InChI=1S/C13H11NO4S2/c15-9-3-1-2-8(6-9)7-10-12(18)14(13(19)20-10)5-4-11(16)17/h1-3,6-7,15H,4-5H2,(H,16,17)/b10-7-. The third kappa shape index (κ3) is 3.37. The monoisotopic (exact) mass is 309 g/mol. The number of phenols is 1. The van der Waals surface area contributed by atoms with Crippen molar-refractivity contribution in [2.45, 2.75) is 6.42 Å². The van der Waals surface area contributed by atoms with E-state index in [1.54, 1.807) is 18.2 Å². The summed E-state index contributed by atoms with van der Waals surface area (Å²) >= 11 is 6.20. The fraction of sp³-hybridized carbons (Fsp3) is 0.154. The Labute approximate surface area is 124 Å². The van der Waals surface area contributed by atoms with Crippen LogP contribution < -0.4 is 0 Å². The molecule has 20 heavy (non-hydrogen) atoms. The van der Waals surface area contributed by atoms with E-state index in [-0.39, 0.29) is 24.6 Å². The van der Waals surface area contributed by atoms with Crippen molar-refractivity contribution in [3.63, 3.8) is 0 Å². The number of phenolic OH excluding ortho intramolecular Hbond substituents is 1. The molecular weight excluding hydrogens is 298 g/mol. The first-order valence-electron chi connectivity index (χ1n) is 5.73. The average Bonchev–Trinajstić information content (AvgIpc) is 2.62. The molecule has 0 saturated carbocycles. The van der Waals surface area contributed by atoms with E-state index in [9.17, 15) is 14.7 Å². The van der Waals surface area contributed by atoms with Crippen molar-refractivity contribution in [2.24, 2.45) is 0 Å². The number of thiocarbonyl (C=S) groups is 1. The first kappa shape index (κ1) is 14.5. The Morgan fingerprint density at radius 3 is 2.85 bits per heavy atom. The van der Waals surface area contributed by atoms with Gasteiger partial charge in [-0.1, -0.05) is 36.1 Å². The number of carbonyl (C=O) groups is 2. The van der Waals surface area contributed by atoms with Crippen molar-refractivity contribution in [3.05, 3.63) is 34.7 Å². The largest absolute Gasteiger partial charge is 0.508 e. The number of aliphatic carboxylic acids is 1. The highest BCUT2D eigenvalue weighted by Gasteiger charge is 2.31. The van der Waals surface area contributed by atoms with Gasteiger partial charge >= 0.3 is 5.97 Å². The summed E-state index contributed by atoms with van der Waals surface area (Å²) in [5.74, 6) is -1.17. The maximum absolute atomic E-state index is 12.1. The quantitative estimate of drug-likeness (QED) is 0.655. The lowest BCUT2D eigenvalue weighted by Gasteiger charge is -2.12. The number of aromatic hydroxyl groups is 1. The Balaban J connectivity index is 2.17. The lowest BCUT2D eigenvalue weighted by molar-refractivity contribution is -0.137. The zero-order valence-corrected chi connectivity index (χ0v) is 11.9. The number of carboxylic acid groups (broad SMARTS) is 1. The molecule has 104 valence electrons. The summed E-state index contributed by atoms with van der Waals surface area (Å²) in [7, 11) is 0. The molecule has 2 N–H and O–H groups in total. The highest BCUT2D eigenvalue weighted by Crippen LogP contribution is 2.32. The maximum Gasteiger partial charge on any atom is 0.305 e. The average molecular weight is 309 g/mol. The normalized spacial score (nSPS) is 17.0. The summed E-state index contributed by atoms with van der Waals surface area (Å²) in [4.78, 5) is 24.4. The lowest BCUT2D eigenvalue weighted by Crippen LogP contribution is -2.30. The molecule has 5 nitrogen and oxygen atoms in total. The Morgan fingerprint density at radius 2 is 2.20 bits per heavy atom. The van der Waals surface area contributed by atoms with Crippen LogP contribution in [-0.2, 0) is 9.59 Å². The molecule has 1 aliphatic rings. The van der Waals surface area contributed by atoms with Gasteiger partial charge in [0.1, 0.15) is 10.1 Å². The smallest absolute Gasteiger partial charge is 0.305 e. The van der Waals surface area contributed by atoms with E-state index in [1.165, 1.54) is 17.0 Å². The van der Waals surface area contributed by atoms with Crippen molar-refractivity contribution in [1.82, 2.24) is 4.90 Å². The van der Waals surface area contributed by atoms with Gasteiger partial charge in [-0.05, 0) is 23.8 Å². The van der Waals surface area contributed by atoms with Gasteiger partial charge in [0.05, 0.1) is 11.3 Å². The number of nitrogens with zero attached hydrogens (tertiary/aromatic N) is 1. The van der Waals surface area contributed by atoms with Crippen LogP contribution in [0.2, 0.25) is 0 Å². The van der Waals surface area contributed by atoms with Crippen LogP contribution in [-0.4, -0.2) is 37.9 Å². The van der Waals surface area contributed by atoms with Gasteiger partial charge in [0, 0.05) is 6.54 Å². The molecule has 7 heteroatoms. The molecule has 1 heterocycles. The topological polar surface area (TPSA) is 77.8 Å². The van der Waals surface area contributed by atoms with Crippen LogP contribution in [0.1, 0.15) is 12.0 Å². The number of carboxylic acids is 1. The molecule has 1 saturated heterocycles. The Kier molecular flexibility index (Phi) is 4.41. The van der Waals surface area contributed by atoms with Crippen LogP contribution in [0.4, 0.5) is 0 Å². The number of hydrogen-bond acceptors (Lipinski definition) is 5.